The van der Waals surface area contributed by atoms with Gasteiger partial charge < -0.3 is 9.32 Å². The van der Waals surface area contributed by atoms with Crippen molar-refractivity contribution in [3.05, 3.63) is 88.2 Å². The molecule has 0 bridgehead atoms. The lowest BCUT2D eigenvalue weighted by molar-refractivity contribution is 0.0322. The third-order valence-electron chi connectivity index (χ3n) is 6.63. The van der Waals surface area contributed by atoms with Crippen LogP contribution in [0.15, 0.2) is 76.4 Å². The lowest BCUT2D eigenvalue weighted by Gasteiger charge is -2.40. The number of nitrogens with zero attached hydrogens (tertiary/aromatic N) is 3. The first-order valence-electron chi connectivity index (χ1n) is 11.5. The first-order chi connectivity index (χ1) is 16.8. The minimum atomic E-state index is -1.45. The Balaban J connectivity index is 1.27. The lowest BCUT2D eigenvalue weighted by atomic mass is 9.78. The molecular weight excluding hydrogens is 488 g/mol. The minimum Gasteiger partial charge on any atom is -0.463 e. The zero-order valence-corrected chi connectivity index (χ0v) is 20.5. The molecule has 1 unspecified atom stereocenters. The van der Waals surface area contributed by atoms with Gasteiger partial charge >= 0.3 is 0 Å². The van der Waals surface area contributed by atoms with Gasteiger partial charge in [0.15, 0.2) is 5.76 Å². The van der Waals surface area contributed by atoms with E-state index in [-0.39, 0.29) is 25.2 Å². The van der Waals surface area contributed by atoms with E-state index in [4.69, 9.17) is 32.6 Å². The van der Waals surface area contributed by atoms with E-state index < -0.39 is 11.2 Å². The van der Waals surface area contributed by atoms with Crippen LogP contribution in [0.25, 0.3) is 11.5 Å². The number of rotatable bonds is 6. The fourth-order valence-corrected chi connectivity index (χ4v) is 5.13. The Morgan fingerprint density at radius 2 is 1.91 bits per heavy atom. The van der Waals surface area contributed by atoms with Gasteiger partial charge in [-0.25, -0.2) is 9.37 Å². The Morgan fingerprint density at radius 3 is 2.60 bits per heavy atom. The predicted octanol–water partition coefficient (Wildman–Crippen LogP) is 6.60. The summed E-state index contributed by atoms with van der Waals surface area (Å²) in [5, 5.41) is 0.719. The van der Waals surface area contributed by atoms with Crippen LogP contribution in [0.1, 0.15) is 35.3 Å². The fourth-order valence-electron chi connectivity index (χ4n) is 4.83. The van der Waals surface area contributed by atoms with Gasteiger partial charge in [0.25, 0.3) is 5.91 Å². The number of aromatic nitrogens is 1. The van der Waals surface area contributed by atoms with Crippen molar-refractivity contribution in [2.24, 2.45) is 4.99 Å². The van der Waals surface area contributed by atoms with E-state index in [1.807, 2.05) is 42.5 Å². The number of likely N-dealkylation sites (tertiary alicyclic amines) is 1. The van der Waals surface area contributed by atoms with Gasteiger partial charge in [0.2, 0.25) is 0 Å². The van der Waals surface area contributed by atoms with E-state index in [1.165, 1.54) is 0 Å². The molecule has 0 aliphatic carbocycles. The van der Waals surface area contributed by atoms with Gasteiger partial charge in [-0.1, -0.05) is 35.3 Å². The molecule has 5 rings (SSSR count). The smallest absolute Gasteiger partial charge is 0.253 e. The van der Waals surface area contributed by atoms with Gasteiger partial charge in [0.05, 0.1) is 21.8 Å². The molecule has 0 N–H and O–H groups in total. The monoisotopic (exact) mass is 511 g/mol. The van der Waals surface area contributed by atoms with Crippen LogP contribution in [-0.2, 0) is 6.42 Å². The molecule has 2 aromatic heterocycles. The number of hydrogen-bond acceptors (Lipinski definition) is 4. The average Bonchev–Trinajstić information content (AvgIpc) is 3.54. The van der Waals surface area contributed by atoms with Crippen molar-refractivity contribution >= 4 is 35.3 Å². The van der Waals surface area contributed by atoms with Gasteiger partial charge in [-0.15, -0.1) is 0 Å². The fraction of sp³-hybridized carbons (Fsp3) is 0.296. The quantitative estimate of drug-likeness (QED) is 0.374. The number of carbonyl (C=O) groups is 1. The van der Waals surface area contributed by atoms with Crippen molar-refractivity contribution in [3.8, 4) is 11.5 Å². The zero-order chi connectivity index (χ0) is 24.5. The van der Waals surface area contributed by atoms with E-state index in [2.05, 4.69) is 4.99 Å². The molecule has 1 amide bonds. The molecule has 8 heteroatoms. The largest absolute Gasteiger partial charge is 0.463 e. The number of aliphatic imine (C=N–C) groups is 1. The molecule has 35 heavy (non-hydrogen) atoms. The van der Waals surface area contributed by atoms with Crippen molar-refractivity contribution in [1.82, 2.24) is 9.88 Å². The molecule has 1 atom stereocenters. The van der Waals surface area contributed by atoms with E-state index in [0.717, 1.165) is 11.4 Å². The van der Waals surface area contributed by atoms with Crippen molar-refractivity contribution in [2.45, 2.75) is 36.9 Å². The summed E-state index contributed by atoms with van der Waals surface area (Å²) in [5.41, 5.74) is -0.150. The summed E-state index contributed by atoms with van der Waals surface area (Å²) in [6.45, 7) is 0.649. The van der Waals surface area contributed by atoms with Gasteiger partial charge in [-0.05, 0) is 61.4 Å². The van der Waals surface area contributed by atoms with Crippen LogP contribution in [0.2, 0.25) is 10.0 Å². The molecule has 2 aliphatic rings. The van der Waals surface area contributed by atoms with Gasteiger partial charge in [0, 0.05) is 43.4 Å². The van der Waals surface area contributed by atoms with Crippen LogP contribution < -0.4 is 0 Å². The van der Waals surface area contributed by atoms with E-state index in [1.54, 1.807) is 35.6 Å². The highest BCUT2D eigenvalue weighted by Crippen LogP contribution is 2.40. The summed E-state index contributed by atoms with van der Waals surface area (Å²) < 4.78 is 21.6. The summed E-state index contributed by atoms with van der Waals surface area (Å²) >= 11 is 12.0. The normalized spacial score (nSPS) is 20.9. The molecule has 0 saturated carbocycles. The van der Waals surface area contributed by atoms with Crippen LogP contribution in [0, 0.1) is 0 Å². The van der Waals surface area contributed by atoms with Crippen LogP contribution in [0.5, 0.6) is 0 Å². The first kappa shape index (κ1) is 23.8. The number of alkyl halides is 1. The van der Waals surface area contributed by atoms with Crippen molar-refractivity contribution in [1.29, 1.82) is 0 Å². The maximum atomic E-state index is 16.1. The second kappa shape index (κ2) is 9.59. The topological polar surface area (TPSA) is 58.7 Å². The summed E-state index contributed by atoms with van der Waals surface area (Å²) in [7, 11) is 0. The Bertz CT molecular complexity index is 1270. The second-order valence-corrected chi connectivity index (χ2v) is 9.97. The summed E-state index contributed by atoms with van der Waals surface area (Å²) in [6.07, 6.45) is 8.35. The molecule has 1 fully saturated rings. The highest BCUT2D eigenvalue weighted by atomic mass is 35.5. The Kier molecular flexibility index (Phi) is 6.51. The summed E-state index contributed by atoms with van der Waals surface area (Å²) in [5.74, 6) is 0.519. The number of amides is 1. The highest BCUT2D eigenvalue weighted by molar-refractivity contribution is 6.42. The van der Waals surface area contributed by atoms with Gasteiger partial charge in [-0.3, -0.25) is 9.79 Å². The molecule has 1 aromatic carbocycles. The number of furan rings is 1. The van der Waals surface area contributed by atoms with E-state index in [0.29, 0.717) is 40.9 Å². The third kappa shape index (κ3) is 5.19. The van der Waals surface area contributed by atoms with Crippen LogP contribution in [0.3, 0.4) is 0 Å². The number of piperidine rings is 1. The van der Waals surface area contributed by atoms with E-state index >= 15 is 4.39 Å². The summed E-state index contributed by atoms with van der Waals surface area (Å²) in [6, 6.07) is 14.2. The standard InChI is InChI=1S/C27H24Cl2FN3O2/c28-21-8-7-19(16-22(21)29)25(34)33-13-10-26(30,11-14-33)18-27(9-3-12-31-27)17-20-4-1-5-23(32-20)24-6-2-15-35-24/h1-9,12,15-16H,10-11,13-14,17-18H2. The van der Waals surface area contributed by atoms with Crippen LogP contribution in [-0.4, -0.2) is 46.3 Å². The number of benzene rings is 1. The van der Waals surface area contributed by atoms with Crippen molar-refractivity contribution < 1.29 is 13.6 Å². The molecule has 5 nitrogen and oxygen atoms in total. The Labute approximate surface area is 213 Å². The number of pyridine rings is 1. The summed E-state index contributed by atoms with van der Waals surface area (Å²) in [4.78, 5) is 24.0. The Morgan fingerprint density at radius 1 is 1.09 bits per heavy atom. The molecule has 180 valence electrons. The average molecular weight is 512 g/mol. The molecule has 3 aromatic rings. The zero-order valence-electron chi connectivity index (χ0n) is 19.0. The van der Waals surface area contributed by atoms with Gasteiger partial charge in [-0.2, -0.15) is 0 Å². The van der Waals surface area contributed by atoms with E-state index in [9.17, 15) is 4.79 Å². The molecular formula is C27H24Cl2FN3O2. The van der Waals surface area contributed by atoms with Crippen molar-refractivity contribution in [3.63, 3.8) is 0 Å². The molecule has 2 aliphatic heterocycles. The molecule has 0 radical (unpaired) electrons. The van der Waals surface area contributed by atoms with Crippen LogP contribution in [0.4, 0.5) is 4.39 Å². The molecule has 1 saturated heterocycles. The van der Waals surface area contributed by atoms with Crippen molar-refractivity contribution in [2.75, 3.05) is 13.1 Å². The number of allylic oxidation sites excluding steroid dienone is 1. The minimum absolute atomic E-state index is 0.168. The first-order valence-corrected chi connectivity index (χ1v) is 12.3. The number of carbonyl (C=O) groups excluding carboxylic acids is 1. The number of halogens is 3. The Hall–Kier alpha value is -2.96. The maximum Gasteiger partial charge on any atom is 0.253 e. The highest BCUT2D eigenvalue weighted by Gasteiger charge is 2.44. The second-order valence-electron chi connectivity index (χ2n) is 9.16. The maximum absolute atomic E-state index is 16.1. The predicted molar refractivity (Wildman–Crippen MR) is 136 cm³/mol. The van der Waals surface area contributed by atoms with Crippen LogP contribution >= 0.6 is 23.2 Å². The van der Waals surface area contributed by atoms with Gasteiger partial charge in [0.1, 0.15) is 11.4 Å². The third-order valence-corrected chi connectivity index (χ3v) is 7.37. The SMILES string of the molecule is O=C(c1ccc(Cl)c(Cl)c1)N1CCC(F)(CC2(Cc3cccc(-c4ccco4)n3)C=CC=N2)CC1. The molecule has 0 spiro atoms. The molecule has 4 heterocycles. The lowest BCUT2D eigenvalue weighted by Crippen LogP contribution is -2.48. The number of hydrogen-bond donors (Lipinski definition) is 0.